The molecule has 2 rings (SSSR count). The molecule has 0 saturated carbocycles. The monoisotopic (exact) mass is 318 g/mol. The van der Waals surface area contributed by atoms with Crippen molar-refractivity contribution in [3.05, 3.63) is 58.6 Å². The molecule has 0 aliphatic rings. The van der Waals surface area contributed by atoms with Gasteiger partial charge < -0.3 is 14.9 Å². The number of halogens is 1. The quantitative estimate of drug-likeness (QED) is 0.622. The number of hydrogen-bond acceptors (Lipinski definition) is 4. The summed E-state index contributed by atoms with van der Waals surface area (Å²) in [5, 5.41) is 4.87. The summed E-state index contributed by atoms with van der Waals surface area (Å²) in [6.07, 6.45) is 1.70. The SMILES string of the molecule is CCOc1ccc(Cl)cc1/C=N\NCc1ccccc1OC. The second kappa shape index (κ2) is 8.29. The Labute approximate surface area is 135 Å². The van der Waals surface area contributed by atoms with E-state index in [0.717, 1.165) is 22.6 Å². The van der Waals surface area contributed by atoms with Crippen molar-refractivity contribution >= 4 is 17.8 Å². The van der Waals surface area contributed by atoms with Crippen molar-refractivity contribution in [1.82, 2.24) is 5.43 Å². The minimum absolute atomic E-state index is 0.574. The fourth-order valence-electron chi connectivity index (χ4n) is 2.00. The van der Waals surface area contributed by atoms with Crippen molar-refractivity contribution < 1.29 is 9.47 Å². The van der Waals surface area contributed by atoms with Gasteiger partial charge in [0.05, 0.1) is 26.5 Å². The molecule has 1 N–H and O–H groups in total. The number of hydrogen-bond donors (Lipinski definition) is 1. The molecule has 0 aromatic heterocycles. The molecule has 4 nitrogen and oxygen atoms in total. The lowest BCUT2D eigenvalue weighted by Gasteiger charge is -2.08. The standard InChI is InChI=1S/C17H19ClN2O2/c1-3-22-17-9-8-15(18)10-14(17)12-20-19-11-13-6-4-5-7-16(13)21-2/h4-10,12,19H,3,11H2,1-2H3/b20-12-. The lowest BCUT2D eigenvalue weighted by atomic mass is 10.2. The van der Waals surface area contributed by atoms with Gasteiger partial charge in [0.2, 0.25) is 0 Å². The van der Waals surface area contributed by atoms with Crippen LogP contribution < -0.4 is 14.9 Å². The summed E-state index contributed by atoms with van der Waals surface area (Å²) in [7, 11) is 1.66. The van der Waals surface area contributed by atoms with Crippen LogP contribution in [0.3, 0.4) is 0 Å². The molecular formula is C17H19ClN2O2. The molecule has 0 spiro atoms. The summed E-state index contributed by atoms with van der Waals surface area (Å²) in [6, 6.07) is 13.3. The Morgan fingerprint density at radius 1 is 1.18 bits per heavy atom. The fraction of sp³-hybridized carbons (Fsp3) is 0.235. The molecule has 0 radical (unpaired) electrons. The molecular weight excluding hydrogens is 300 g/mol. The van der Waals surface area contributed by atoms with E-state index < -0.39 is 0 Å². The predicted molar refractivity (Wildman–Crippen MR) is 90.0 cm³/mol. The van der Waals surface area contributed by atoms with Crippen molar-refractivity contribution in [1.29, 1.82) is 0 Å². The largest absolute Gasteiger partial charge is 0.496 e. The van der Waals surface area contributed by atoms with E-state index in [1.54, 1.807) is 19.4 Å². The average molecular weight is 319 g/mol. The number of hydrazone groups is 1. The molecule has 116 valence electrons. The number of methoxy groups -OCH3 is 1. The van der Waals surface area contributed by atoms with Crippen LogP contribution in [-0.2, 0) is 6.54 Å². The van der Waals surface area contributed by atoms with Crippen molar-refractivity contribution in [2.45, 2.75) is 13.5 Å². The topological polar surface area (TPSA) is 42.8 Å². The smallest absolute Gasteiger partial charge is 0.128 e. The number of nitrogens with one attached hydrogen (secondary N) is 1. The van der Waals surface area contributed by atoms with Crippen molar-refractivity contribution in [2.24, 2.45) is 5.10 Å². The lowest BCUT2D eigenvalue weighted by Crippen LogP contribution is -2.07. The molecule has 2 aromatic rings. The van der Waals surface area contributed by atoms with Crippen LogP contribution in [0.15, 0.2) is 47.6 Å². The van der Waals surface area contributed by atoms with Crippen LogP contribution in [0.4, 0.5) is 0 Å². The summed E-state index contributed by atoms with van der Waals surface area (Å²) in [5.41, 5.74) is 4.88. The Hall–Kier alpha value is -2.20. The van der Waals surface area contributed by atoms with E-state index in [-0.39, 0.29) is 0 Å². The van der Waals surface area contributed by atoms with Crippen LogP contribution in [-0.4, -0.2) is 19.9 Å². The van der Waals surface area contributed by atoms with Gasteiger partial charge in [-0.15, -0.1) is 0 Å². The first-order valence-corrected chi connectivity index (χ1v) is 7.42. The van der Waals surface area contributed by atoms with Crippen molar-refractivity contribution in [2.75, 3.05) is 13.7 Å². The summed E-state index contributed by atoms with van der Waals surface area (Å²) in [4.78, 5) is 0. The van der Waals surface area contributed by atoms with E-state index in [0.29, 0.717) is 18.2 Å². The molecule has 0 aliphatic heterocycles. The Kier molecular flexibility index (Phi) is 6.10. The normalized spacial score (nSPS) is 10.7. The fourth-order valence-corrected chi connectivity index (χ4v) is 2.18. The predicted octanol–water partition coefficient (Wildman–Crippen LogP) is 3.87. The minimum Gasteiger partial charge on any atom is -0.496 e. The third-order valence-electron chi connectivity index (χ3n) is 3.03. The van der Waals surface area contributed by atoms with Gasteiger partial charge in [-0.05, 0) is 31.2 Å². The van der Waals surface area contributed by atoms with Gasteiger partial charge in [0.25, 0.3) is 0 Å². The Balaban J connectivity index is 2.02. The third-order valence-corrected chi connectivity index (χ3v) is 3.26. The van der Waals surface area contributed by atoms with Crippen LogP contribution in [0.2, 0.25) is 5.02 Å². The number of benzene rings is 2. The first-order chi connectivity index (χ1) is 10.7. The van der Waals surface area contributed by atoms with Gasteiger partial charge in [-0.3, -0.25) is 0 Å². The third kappa shape index (κ3) is 4.40. The molecule has 5 heteroatoms. The Bertz CT molecular complexity index is 644. The van der Waals surface area contributed by atoms with Crippen LogP contribution in [0.25, 0.3) is 0 Å². The molecule has 0 amide bonds. The molecule has 0 saturated heterocycles. The maximum Gasteiger partial charge on any atom is 0.128 e. The zero-order valence-electron chi connectivity index (χ0n) is 12.7. The summed E-state index contributed by atoms with van der Waals surface area (Å²) in [6.45, 7) is 3.11. The molecule has 0 atom stereocenters. The highest BCUT2D eigenvalue weighted by molar-refractivity contribution is 6.30. The molecule has 0 bridgehead atoms. The summed E-state index contributed by atoms with van der Waals surface area (Å²) in [5.74, 6) is 1.60. The average Bonchev–Trinajstić information content (AvgIpc) is 2.54. The van der Waals surface area contributed by atoms with Gasteiger partial charge in [0.15, 0.2) is 0 Å². The molecule has 0 heterocycles. The molecule has 0 fully saturated rings. The first kappa shape index (κ1) is 16.2. The van der Waals surface area contributed by atoms with Crippen LogP contribution in [0, 0.1) is 0 Å². The van der Waals surface area contributed by atoms with Gasteiger partial charge in [0.1, 0.15) is 11.5 Å². The molecule has 0 unspecified atom stereocenters. The minimum atomic E-state index is 0.574. The maximum absolute atomic E-state index is 6.01. The number of para-hydroxylation sites is 1. The zero-order chi connectivity index (χ0) is 15.8. The Morgan fingerprint density at radius 3 is 2.77 bits per heavy atom. The molecule has 0 aliphatic carbocycles. The van der Waals surface area contributed by atoms with Gasteiger partial charge in [-0.25, -0.2) is 0 Å². The summed E-state index contributed by atoms with van der Waals surface area (Å²) < 4.78 is 10.8. The number of nitrogens with zero attached hydrogens (tertiary/aromatic N) is 1. The lowest BCUT2D eigenvalue weighted by molar-refractivity contribution is 0.340. The zero-order valence-corrected chi connectivity index (χ0v) is 13.4. The van der Waals surface area contributed by atoms with Crippen molar-refractivity contribution in [3.63, 3.8) is 0 Å². The number of rotatable bonds is 7. The van der Waals surface area contributed by atoms with E-state index in [4.69, 9.17) is 21.1 Å². The molecule has 2 aromatic carbocycles. The van der Waals surface area contributed by atoms with Gasteiger partial charge in [0, 0.05) is 16.1 Å². The van der Waals surface area contributed by atoms with Crippen molar-refractivity contribution in [3.8, 4) is 11.5 Å². The first-order valence-electron chi connectivity index (χ1n) is 7.04. The van der Waals surface area contributed by atoms with Gasteiger partial charge in [-0.2, -0.15) is 5.10 Å². The Morgan fingerprint density at radius 2 is 2.00 bits per heavy atom. The highest BCUT2D eigenvalue weighted by atomic mass is 35.5. The van der Waals surface area contributed by atoms with E-state index >= 15 is 0 Å². The van der Waals surface area contributed by atoms with E-state index in [2.05, 4.69) is 10.5 Å². The van der Waals surface area contributed by atoms with E-state index in [9.17, 15) is 0 Å². The van der Waals surface area contributed by atoms with Crippen LogP contribution in [0.5, 0.6) is 11.5 Å². The maximum atomic E-state index is 6.01. The van der Waals surface area contributed by atoms with Crippen LogP contribution in [0.1, 0.15) is 18.1 Å². The highest BCUT2D eigenvalue weighted by Gasteiger charge is 2.02. The van der Waals surface area contributed by atoms with E-state index in [1.807, 2.05) is 43.3 Å². The number of ether oxygens (including phenoxy) is 2. The second-order valence-corrected chi connectivity index (χ2v) is 4.96. The second-order valence-electron chi connectivity index (χ2n) is 4.52. The van der Waals surface area contributed by atoms with Crippen LogP contribution >= 0.6 is 11.6 Å². The molecule has 22 heavy (non-hydrogen) atoms. The van der Waals surface area contributed by atoms with Gasteiger partial charge >= 0.3 is 0 Å². The van der Waals surface area contributed by atoms with Gasteiger partial charge in [-0.1, -0.05) is 29.8 Å². The summed E-state index contributed by atoms with van der Waals surface area (Å²) >= 11 is 6.01. The van der Waals surface area contributed by atoms with E-state index in [1.165, 1.54) is 0 Å². The highest BCUT2D eigenvalue weighted by Crippen LogP contribution is 2.21.